The molecule has 0 unspecified atom stereocenters. The zero-order chi connectivity index (χ0) is 58.6. The van der Waals surface area contributed by atoms with Crippen LogP contribution in [0.3, 0.4) is 0 Å². The lowest BCUT2D eigenvalue weighted by Gasteiger charge is -2.21. The highest BCUT2D eigenvalue weighted by Crippen LogP contribution is 2.52. The zero-order valence-corrected chi connectivity index (χ0v) is 49.6. The number of fused-ring (bicyclic) bond motifs is 14. The fourth-order valence-electron chi connectivity index (χ4n) is 15.8. The van der Waals surface area contributed by atoms with E-state index >= 15 is 0 Å². The maximum Gasteiger partial charge on any atom is 0.0541 e. The Morgan fingerprint density at radius 1 is 0.205 bits per heavy atom. The van der Waals surface area contributed by atoms with Crippen LogP contribution >= 0.6 is 0 Å². The fourth-order valence-corrected chi connectivity index (χ4v) is 15.8. The van der Waals surface area contributed by atoms with Crippen LogP contribution in [0.15, 0.2) is 291 Å². The molecule has 2 aliphatic rings. The van der Waals surface area contributed by atoms with Crippen LogP contribution in [-0.2, 0) is 10.8 Å². The van der Waals surface area contributed by atoms with E-state index in [1.165, 1.54) is 165 Å². The van der Waals surface area contributed by atoms with Gasteiger partial charge in [-0.1, -0.05) is 240 Å². The number of aromatic nitrogens is 2. The van der Waals surface area contributed by atoms with Crippen LogP contribution in [0, 0.1) is 0 Å². The molecule has 2 nitrogen and oxygen atoms in total. The summed E-state index contributed by atoms with van der Waals surface area (Å²) in [5, 5.41) is 9.99. The minimum absolute atomic E-state index is 0.0453. The molecule has 0 spiro atoms. The van der Waals surface area contributed by atoms with Gasteiger partial charge in [0.15, 0.2) is 0 Å². The Kier molecular flexibility index (Phi) is 10.8. The summed E-state index contributed by atoms with van der Waals surface area (Å²) in [6.45, 7) is 9.43. The quantitative estimate of drug-likeness (QED) is 0.141. The Balaban J connectivity index is 0.728. The van der Waals surface area contributed by atoms with Gasteiger partial charge in [-0.05, 0) is 201 Å². The molecule has 14 aromatic carbocycles. The highest BCUT2D eigenvalue weighted by molar-refractivity contribution is 6.21. The van der Waals surface area contributed by atoms with Crippen LogP contribution in [0.2, 0.25) is 0 Å². The van der Waals surface area contributed by atoms with Crippen molar-refractivity contribution in [1.29, 1.82) is 0 Å². The molecular formula is C86H60N2. The van der Waals surface area contributed by atoms with E-state index in [-0.39, 0.29) is 10.8 Å². The second-order valence-corrected chi connectivity index (χ2v) is 25.5. The van der Waals surface area contributed by atoms with Crippen molar-refractivity contribution < 1.29 is 0 Å². The zero-order valence-electron chi connectivity index (χ0n) is 49.6. The molecule has 0 aliphatic heterocycles. The summed E-state index contributed by atoms with van der Waals surface area (Å²) >= 11 is 0. The number of para-hydroxylation sites is 1. The standard InChI is InChI=1S/C86H60N2/c1-85(2)75-27-15-12-20-63(75)70-48-57(34-43-77(70)85)59-37-46-81-73(51-59)74-52-60(58-35-44-78-71(49-58)64-21-13-16-28-76(64)86(78,3)4)38-47-82(74)88(81)61-39-30-53(31-40-61)56-36-45-80-72(50-56)65-22-14-17-29-79(65)87(80)62-41-32-55(33-42-62)84-68-25-10-8-23-66(68)83(54-18-6-5-7-19-54)67-24-9-11-26-69(67)84/h5-52H,1-4H3. The first-order valence-electron chi connectivity index (χ1n) is 31.0. The Morgan fingerprint density at radius 2 is 0.511 bits per heavy atom. The van der Waals surface area contributed by atoms with Crippen molar-refractivity contribution >= 4 is 65.2 Å². The van der Waals surface area contributed by atoms with E-state index < -0.39 is 0 Å². The average molecular weight is 1120 g/mol. The van der Waals surface area contributed by atoms with Gasteiger partial charge in [-0.2, -0.15) is 0 Å². The van der Waals surface area contributed by atoms with Crippen LogP contribution in [-0.4, -0.2) is 9.13 Å². The third-order valence-electron chi connectivity index (χ3n) is 20.1. The smallest absolute Gasteiger partial charge is 0.0541 e. The molecule has 88 heavy (non-hydrogen) atoms. The molecule has 0 amide bonds. The van der Waals surface area contributed by atoms with E-state index in [2.05, 4.69) is 328 Å². The predicted molar refractivity (Wildman–Crippen MR) is 372 cm³/mol. The van der Waals surface area contributed by atoms with Gasteiger partial charge in [0.05, 0.1) is 22.1 Å². The SMILES string of the molecule is CC1(C)c2ccccc2-c2cc(-c3ccc4c(c3)c3cc(-c5ccc6c(c5)-c5ccccc5C6(C)C)ccc3n4-c3ccc(-c4ccc5c(c4)c4ccccc4n5-c4ccc(-c5c6ccccc6c(-c6ccccc6)c6ccccc56)cc4)cc3)ccc21. The van der Waals surface area contributed by atoms with E-state index in [4.69, 9.17) is 0 Å². The fraction of sp³-hybridized carbons (Fsp3) is 0.0698. The number of hydrogen-bond donors (Lipinski definition) is 0. The maximum atomic E-state index is 2.47. The van der Waals surface area contributed by atoms with Crippen molar-refractivity contribution in [3.63, 3.8) is 0 Å². The molecule has 0 fully saturated rings. The molecule has 0 atom stereocenters. The van der Waals surface area contributed by atoms with Crippen LogP contribution in [0.1, 0.15) is 49.9 Å². The molecule has 0 saturated carbocycles. The van der Waals surface area contributed by atoms with Gasteiger partial charge in [0.1, 0.15) is 0 Å². The van der Waals surface area contributed by atoms with Crippen molar-refractivity contribution in [3.8, 4) is 89.3 Å². The van der Waals surface area contributed by atoms with Gasteiger partial charge < -0.3 is 9.13 Å². The normalized spacial score (nSPS) is 13.6. The molecule has 2 aromatic heterocycles. The predicted octanol–water partition coefficient (Wildman–Crippen LogP) is 23.1. The Labute approximate surface area is 512 Å². The van der Waals surface area contributed by atoms with Gasteiger partial charge in [-0.3, -0.25) is 0 Å². The molecule has 0 saturated heterocycles. The first kappa shape index (κ1) is 50.5. The lowest BCUT2D eigenvalue weighted by molar-refractivity contribution is 0.660. The molecule has 0 N–H and O–H groups in total. The lowest BCUT2D eigenvalue weighted by Crippen LogP contribution is -2.14. The van der Waals surface area contributed by atoms with Crippen LogP contribution < -0.4 is 0 Å². The second kappa shape index (κ2) is 18.8. The summed E-state index contributed by atoms with van der Waals surface area (Å²) in [5.41, 5.74) is 30.1. The van der Waals surface area contributed by atoms with Crippen LogP contribution in [0.5, 0.6) is 0 Å². The summed E-state index contributed by atoms with van der Waals surface area (Å²) < 4.78 is 4.90. The average Bonchev–Trinajstić information content (AvgIpc) is 2.36. The molecule has 414 valence electrons. The second-order valence-electron chi connectivity index (χ2n) is 25.5. The lowest BCUT2D eigenvalue weighted by atomic mass is 9.82. The molecule has 0 radical (unpaired) electrons. The molecular weight excluding hydrogens is 1060 g/mol. The number of benzene rings is 14. The molecule has 2 aliphatic carbocycles. The topological polar surface area (TPSA) is 9.86 Å². The van der Waals surface area contributed by atoms with E-state index in [1.54, 1.807) is 0 Å². The minimum atomic E-state index is -0.0453. The molecule has 18 rings (SSSR count). The Hall–Kier alpha value is -10.8. The van der Waals surface area contributed by atoms with Gasteiger partial charge in [0.25, 0.3) is 0 Å². The minimum Gasteiger partial charge on any atom is -0.309 e. The first-order valence-corrected chi connectivity index (χ1v) is 31.0. The third kappa shape index (κ3) is 7.36. The third-order valence-corrected chi connectivity index (χ3v) is 20.1. The maximum absolute atomic E-state index is 2.47. The van der Waals surface area contributed by atoms with Gasteiger partial charge in [0, 0.05) is 43.7 Å². The number of nitrogens with zero attached hydrogens (tertiary/aromatic N) is 2. The van der Waals surface area contributed by atoms with Gasteiger partial charge in [0.2, 0.25) is 0 Å². The van der Waals surface area contributed by atoms with Crippen LogP contribution in [0.25, 0.3) is 154 Å². The summed E-state index contributed by atoms with van der Waals surface area (Å²) in [6, 6.07) is 109. The number of rotatable bonds is 7. The molecule has 2 heteroatoms. The summed E-state index contributed by atoms with van der Waals surface area (Å²) in [7, 11) is 0. The summed E-state index contributed by atoms with van der Waals surface area (Å²) in [6.07, 6.45) is 0. The van der Waals surface area contributed by atoms with Crippen LogP contribution in [0.4, 0.5) is 0 Å². The summed E-state index contributed by atoms with van der Waals surface area (Å²) in [4.78, 5) is 0. The molecule has 2 heterocycles. The highest BCUT2D eigenvalue weighted by Gasteiger charge is 2.37. The van der Waals surface area contributed by atoms with E-state index in [0.717, 1.165) is 11.4 Å². The Bertz CT molecular complexity index is 5370. The van der Waals surface area contributed by atoms with E-state index in [1.807, 2.05) is 0 Å². The molecule has 0 bridgehead atoms. The van der Waals surface area contributed by atoms with Crippen molar-refractivity contribution in [2.45, 2.75) is 38.5 Å². The Morgan fingerprint density at radius 3 is 0.977 bits per heavy atom. The van der Waals surface area contributed by atoms with Crippen molar-refractivity contribution in [2.24, 2.45) is 0 Å². The largest absolute Gasteiger partial charge is 0.309 e. The molecule has 16 aromatic rings. The van der Waals surface area contributed by atoms with Gasteiger partial charge in [-0.15, -0.1) is 0 Å². The highest BCUT2D eigenvalue weighted by atomic mass is 15.0. The van der Waals surface area contributed by atoms with E-state index in [0.29, 0.717) is 0 Å². The monoisotopic (exact) mass is 1120 g/mol. The summed E-state index contributed by atoms with van der Waals surface area (Å²) in [5.74, 6) is 0. The van der Waals surface area contributed by atoms with E-state index in [9.17, 15) is 0 Å². The van der Waals surface area contributed by atoms with Gasteiger partial charge >= 0.3 is 0 Å². The van der Waals surface area contributed by atoms with Crippen molar-refractivity contribution in [2.75, 3.05) is 0 Å². The first-order chi connectivity index (χ1) is 43.2. The van der Waals surface area contributed by atoms with Crippen molar-refractivity contribution in [1.82, 2.24) is 9.13 Å². The number of hydrogen-bond acceptors (Lipinski definition) is 0. The van der Waals surface area contributed by atoms with Crippen molar-refractivity contribution in [3.05, 3.63) is 313 Å². The van der Waals surface area contributed by atoms with Gasteiger partial charge in [-0.25, -0.2) is 0 Å².